The second-order valence-electron chi connectivity index (χ2n) is 7.81. The van der Waals surface area contributed by atoms with Crippen LogP contribution in [0.5, 0.6) is 0 Å². The highest BCUT2D eigenvalue weighted by Crippen LogP contribution is 2.34. The first-order valence-electron chi connectivity index (χ1n) is 10.2. The van der Waals surface area contributed by atoms with Crippen molar-refractivity contribution in [3.05, 3.63) is 71.3 Å². The molecule has 1 aromatic carbocycles. The van der Waals surface area contributed by atoms with E-state index in [0.29, 0.717) is 37.2 Å². The van der Waals surface area contributed by atoms with E-state index in [-0.39, 0.29) is 23.5 Å². The number of halogens is 1. The van der Waals surface area contributed by atoms with Crippen molar-refractivity contribution in [2.24, 2.45) is 0 Å². The van der Waals surface area contributed by atoms with E-state index in [4.69, 9.17) is 0 Å². The fraction of sp³-hybridized carbons (Fsp3) is 0.318. The molecule has 0 radical (unpaired) electrons. The topological polar surface area (TPSA) is 93.0 Å². The number of hydrogen-bond acceptors (Lipinski definition) is 5. The van der Waals surface area contributed by atoms with Crippen molar-refractivity contribution in [2.75, 3.05) is 11.9 Å². The van der Waals surface area contributed by atoms with Gasteiger partial charge in [0, 0.05) is 25.7 Å². The van der Waals surface area contributed by atoms with Gasteiger partial charge in [0.05, 0.1) is 11.4 Å². The summed E-state index contributed by atoms with van der Waals surface area (Å²) in [6.07, 6.45) is 3.37. The number of carbonyl (C=O) groups is 2. The number of aromatic nitrogens is 4. The van der Waals surface area contributed by atoms with Gasteiger partial charge >= 0.3 is 0 Å². The Bertz CT molecular complexity index is 1180. The van der Waals surface area contributed by atoms with Gasteiger partial charge in [-0.05, 0) is 43.0 Å². The van der Waals surface area contributed by atoms with Gasteiger partial charge in [-0.3, -0.25) is 14.6 Å². The van der Waals surface area contributed by atoms with Crippen molar-refractivity contribution < 1.29 is 14.0 Å². The molecule has 2 aliphatic heterocycles. The van der Waals surface area contributed by atoms with Gasteiger partial charge in [-0.2, -0.15) is 0 Å². The van der Waals surface area contributed by atoms with Crippen LogP contribution >= 0.6 is 0 Å². The van der Waals surface area contributed by atoms with Crippen LogP contribution in [0.3, 0.4) is 0 Å². The van der Waals surface area contributed by atoms with E-state index in [9.17, 15) is 14.0 Å². The van der Waals surface area contributed by atoms with E-state index in [2.05, 4.69) is 20.4 Å². The molecule has 158 valence electrons. The highest BCUT2D eigenvalue weighted by Gasteiger charge is 2.34. The molecule has 1 N–H and O–H groups in total. The molecule has 8 nitrogen and oxygen atoms in total. The molecule has 0 aliphatic carbocycles. The van der Waals surface area contributed by atoms with Crippen molar-refractivity contribution in [2.45, 2.75) is 37.8 Å². The predicted molar refractivity (Wildman–Crippen MR) is 110 cm³/mol. The Morgan fingerprint density at radius 2 is 2.03 bits per heavy atom. The number of pyridine rings is 1. The maximum atomic E-state index is 14.3. The molecule has 5 rings (SSSR count). The van der Waals surface area contributed by atoms with Crippen LogP contribution in [0.15, 0.2) is 42.6 Å². The monoisotopic (exact) mass is 420 g/mol. The zero-order valence-electron chi connectivity index (χ0n) is 17.0. The van der Waals surface area contributed by atoms with E-state index in [1.165, 1.54) is 11.0 Å². The number of nitrogens with zero attached hydrogens (tertiary/aromatic N) is 5. The zero-order valence-corrected chi connectivity index (χ0v) is 17.0. The summed E-state index contributed by atoms with van der Waals surface area (Å²) < 4.78 is 15.9. The summed E-state index contributed by atoms with van der Waals surface area (Å²) in [5.41, 5.74) is 2.12. The second-order valence-corrected chi connectivity index (χ2v) is 7.81. The molecule has 0 bridgehead atoms. The van der Waals surface area contributed by atoms with E-state index in [0.717, 1.165) is 11.4 Å². The first kappa shape index (κ1) is 19.3. The van der Waals surface area contributed by atoms with Crippen molar-refractivity contribution in [1.29, 1.82) is 0 Å². The summed E-state index contributed by atoms with van der Waals surface area (Å²) in [5.74, 6) is -0.713. The van der Waals surface area contributed by atoms with Crippen LogP contribution in [0.4, 0.5) is 10.1 Å². The molecular formula is C22H21FN6O2. The third-order valence-corrected chi connectivity index (χ3v) is 5.96. The standard InChI is InChI=1S/C22H21FN6O2/c1-28-18-7-4-11-24-16(18)8-9-17(22(28)31)25-21(30)19-26-20-14(10-12-29(20)27-19)13-5-2-3-6-15(13)23/h2-7,11,14,17H,8-10,12H2,1H3,(H,25,30)/t14-,17-/m0/s1. The number of benzene rings is 1. The molecule has 31 heavy (non-hydrogen) atoms. The van der Waals surface area contributed by atoms with E-state index < -0.39 is 11.9 Å². The molecule has 0 saturated heterocycles. The highest BCUT2D eigenvalue weighted by molar-refractivity contribution is 6.01. The largest absolute Gasteiger partial charge is 0.337 e. The van der Waals surface area contributed by atoms with Crippen molar-refractivity contribution in [1.82, 2.24) is 25.1 Å². The van der Waals surface area contributed by atoms with Crippen LogP contribution in [-0.4, -0.2) is 44.7 Å². The molecule has 4 heterocycles. The van der Waals surface area contributed by atoms with Gasteiger partial charge in [0.15, 0.2) is 0 Å². The van der Waals surface area contributed by atoms with E-state index >= 15 is 0 Å². The van der Waals surface area contributed by atoms with Gasteiger partial charge in [0.1, 0.15) is 17.7 Å². The van der Waals surface area contributed by atoms with Gasteiger partial charge in [-0.15, -0.1) is 5.10 Å². The number of likely N-dealkylation sites (N-methyl/N-ethyl adjacent to an activating group) is 1. The van der Waals surface area contributed by atoms with Crippen LogP contribution in [0.25, 0.3) is 0 Å². The Kier molecular flexibility index (Phi) is 4.72. The van der Waals surface area contributed by atoms with Gasteiger partial charge in [-0.1, -0.05) is 18.2 Å². The number of anilines is 1. The Balaban J connectivity index is 1.35. The number of nitrogens with one attached hydrogen (secondary N) is 1. The van der Waals surface area contributed by atoms with Crippen LogP contribution < -0.4 is 10.2 Å². The lowest BCUT2D eigenvalue weighted by Crippen LogP contribution is -2.47. The number of amides is 2. The van der Waals surface area contributed by atoms with Crippen LogP contribution in [0, 0.1) is 5.82 Å². The first-order chi connectivity index (χ1) is 15.0. The third-order valence-electron chi connectivity index (χ3n) is 5.96. The summed E-state index contributed by atoms with van der Waals surface area (Å²) in [6.45, 7) is 0.556. The van der Waals surface area contributed by atoms with Gasteiger partial charge in [0.25, 0.3) is 5.91 Å². The number of rotatable bonds is 3. The normalized spacial score (nSPS) is 20.2. The van der Waals surface area contributed by atoms with Crippen LogP contribution in [0.1, 0.15) is 46.5 Å². The summed E-state index contributed by atoms with van der Waals surface area (Å²) >= 11 is 0. The van der Waals surface area contributed by atoms with Crippen LogP contribution in [0.2, 0.25) is 0 Å². The smallest absolute Gasteiger partial charge is 0.291 e. The molecule has 2 amide bonds. The Morgan fingerprint density at radius 3 is 2.87 bits per heavy atom. The van der Waals surface area contributed by atoms with Crippen LogP contribution in [-0.2, 0) is 17.8 Å². The Labute approximate surface area is 178 Å². The SMILES string of the molecule is CN1C(=O)[C@@H](NC(=O)c2nc3n(n2)CC[C@H]3c2ccccc2F)CCc2ncccc21. The van der Waals surface area contributed by atoms with E-state index in [1.807, 2.05) is 6.07 Å². The molecule has 0 saturated carbocycles. The van der Waals surface area contributed by atoms with E-state index in [1.54, 1.807) is 42.2 Å². The number of aryl methyl sites for hydroxylation is 2. The highest BCUT2D eigenvalue weighted by atomic mass is 19.1. The number of carbonyl (C=O) groups excluding carboxylic acids is 2. The minimum absolute atomic E-state index is 0.00798. The molecule has 2 aliphatic rings. The summed E-state index contributed by atoms with van der Waals surface area (Å²) in [4.78, 5) is 36.0. The first-order valence-corrected chi connectivity index (χ1v) is 10.2. The average molecular weight is 420 g/mol. The minimum atomic E-state index is -0.701. The molecular weight excluding hydrogens is 399 g/mol. The average Bonchev–Trinajstić information content (AvgIpc) is 3.34. The minimum Gasteiger partial charge on any atom is -0.337 e. The second kappa shape index (κ2) is 7.57. The summed E-state index contributed by atoms with van der Waals surface area (Å²) in [5, 5.41) is 7.08. The summed E-state index contributed by atoms with van der Waals surface area (Å²) in [6, 6.07) is 9.50. The molecule has 0 unspecified atom stereocenters. The van der Waals surface area contributed by atoms with Crippen molar-refractivity contribution in [3.8, 4) is 0 Å². The summed E-state index contributed by atoms with van der Waals surface area (Å²) in [7, 11) is 1.68. The van der Waals surface area contributed by atoms with Gasteiger partial charge < -0.3 is 10.2 Å². The number of fused-ring (bicyclic) bond motifs is 2. The van der Waals surface area contributed by atoms with Gasteiger partial charge in [-0.25, -0.2) is 14.1 Å². The third kappa shape index (κ3) is 3.35. The zero-order chi connectivity index (χ0) is 21.5. The molecule has 0 spiro atoms. The maximum Gasteiger partial charge on any atom is 0.291 e. The molecule has 0 fully saturated rings. The molecule has 2 atom stereocenters. The molecule has 2 aromatic heterocycles. The molecule has 3 aromatic rings. The fourth-order valence-corrected chi connectivity index (χ4v) is 4.35. The maximum absolute atomic E-state index is 14.3. The van der Waals surface area contributed by atoms with Gasteiger partial charge in [0.2, 0.25) is 11.7 Å². The van der Waals surface area contributed by atoms with Crippen molar-refractivity contribution in [3.63, 3.8) is 0 Å². The lowest BCUT2D eigenvalue weighted by molar-refractivity contribution is -0.120. The fourth-order valence-electron chi connectivity index (χ4n) is 4.35. The lowest BCUT2D eigenvalue weighted by atomic mass is 9.97. The Morgan fingerprint density at radius 1 is 1.19 bits per heavy atom. The quantitative estimate of drug-likeness (QED) is 0.700. The van der Waals surface area contributed by atoms with Crippen molar-refractivity contribution >= 4 is 17.5 Å². The predicted octanol–water partition coefficient (Wildman–Crippen LogP) is 2.06. The lowest BCUT2D eigenvalue weighted by Gasteiger charge is -2.21. The Hall–Kier alpha value is -3.62. The number of hydrogen-bond donors (Lipinski definition) is 1. The molecule has 9 heteroatoms.